The van der Waals surface area contributed by atoms with E-state index in [1.807, 2.05) is 0 Å². The van der Waals surface area contributed by atoms with Gasteiger partial charge < -0.3 is 5.32 Å². The molecule has 0 aromatic carbocycles. The molecule has 1 saturated heterocycles. The maximum Gasteiger partial charge on any atom is 0.238 e. The van der Waals surface area contributed by atoms with Crippen LogP contribution < -0.4 is 5.32 Å². The lowest BCUT2D eigenvalue weighted by molar-refractivity contribution is -0.121. The van der Waals surface area contributed by atoms with Gasteiger partial charge in [-0.1, -0.05) is 0 Å². The molecule has 5 nitrogen and oxygen atoms in total. The van der Waals surface area contributed by atoms with Gasteiger partial charge in [-0.15, -0.1) is 0 Å². The van der Waals surface area contributed by atoms with Gasteiger partial charge in [0, 0.05) is 30.9 Å². The molecule has 112 valence electrons. The summed E-state index contributed by atoms with van der Waals surface area (Å²) in [4.78, 5) is 14.2. The van der Waals surface area contributed by atoms with Crippen LogP contribution in [-0.4, -0.2) is 55.4 Å². The summed E-state index contributed by atoms with van der Waals surface area (Å²) >= 11 is 0. The minimum absolute atomic E-state index is 0.0929. The molecule has 0 aliphatic carbocycles. The van der Waals surface area contributed by atoms with Crippen molar-refractivity contribution in [2.45, 2.75) is 57.4 Å². The van der Waals surface area contributed by atoms with Crippen molar-refractivity contribution in [3.8, 4) is 0 Å². The lowest BCUT2D eigenvalue weighted by Gasteiger charge is -2.41. The van der Waals surface area contributed by atoms with Gasteiger partial charge in [-0.3, -0.25) is 9.69 Å². The van der Waals surface area contributed by atoms with E-state index >= 15 is 0 Å². The first-order chi connectivity index (χ1) is 8.51. The molecule has 19 heavy (non-hydrogen) atoms. The Bertz CT molecular complexity index is 418. The van der Waals surface area contributed by atoms with Crippen LogP contribution in [0.3, 0.4) is 0 Å². The van der Waals surface area contributed by atoms with Crippen molar-refractivity contribution in [1.29, 1.82) is 0 Å². The summed E-state index contributed by atoms with van der Waals surface area (Å²) in [6.07, 6.45) is 2.85. The van der Waals surface area contributed by atoms with Crippen molar-refractivity contribution in [1.82, 2.24) is 10.2 Å². The molecule has 0 radical (unpaired) electrons. The lowest BCUT2D eigenvalue weighted by Crippen LogP contribution is -2.52. The van der Waals surface area contributed by atoms with Gasteiger partial charge in [0.05, 0.1) is 0 Å². The van der Waals surface area contributed by atoms with Gasteiger partial charge in [0.1, 0.15) is 5.25 Å². The molecule has 1 atom stereocenters. The number of amides is 1. The van der Waals surface area contributed by atoms with Crippen LogP contribution in [-0.2, 0) is 14.6 Å². The van der Waals surface area contributed by atoms with Crippen LogP contribution in [0.2, 0.25) is 0 Å². The fraction of sp³-hybridized carbons (Fsp3) is 0.923. The number of rotatable bonds is 3. The third kappa shape index (κ3) is 4.76. The monoisotopic (exact) mass is 290 g/mol. The predicted octanol–water partition coefficient (Wildman–Crippen LogP) is 0.799. The highest BCUT2D eigenvalue weighted by Crippen LogP contribution is 2.20. The molecule has 1 rings (SSSR count). The highest BCUT2D eigenvalue weighted by atomic mass is 32.2. The number of carbonyl (C=O) groups is 1. The number of piperidine rings is 1. The Morgan fingerprint density at radius 2 is 1.74 bits per heavy atom. The molecule has 1 N–H and O–H groups in total. The molecule has 0 spiro atoms. The second kappa shape index (κ2) is 5.79. The zero-order chi connectivity index (χ0) is 14.8. The number of carbonyl (C=O) groups excluding carboxylic acids is 1. The van der Waals surface area contributed by atoms with E-state index in [4.69, 9.17) is 0 Å². The van der Waals surface area contributed by atoms with Crippen molar-refractivity contribution < 1.29 is 13.2 Å². The van der Waals surface area contributed by atoms with Crippen molar-refractivity contribution in [3.05, 3.63) is 0 Å². The van der Waals surface area contributed by atoms with Gasteiger partial charge in [0.15, 0.2) is 9.84 Å². The Hall–Kier alpha value is -0.620. The van der Waals surface area contributed by atoms with Crippen molar-refractivity contribution in [3.63, 3.8) is 0 Å². The first-order valence-electron chi connectivity index (χ1n) is 6.76. The summed E-state index contributed by atoms with van der Waals surface area (Å²) in [5.74, 6) is -0.378. The molecule has 0 bridgehead atoms. The summed E-state index contributed by atoms with van der Waals surface area (Å²) in [7, 11) is -3.31. The third-order valence-electron chi connectivity index (χ3n) is 3.80. The Morgan fingerprint density at radius 3 is 2.11 bits per heavy atom. The van der Waals surface area contributed by atoms with E-state index in [2.05, 4.69) is 31.0 Å². The van der Waals surface area contributed by atoms with E-state index in [1.54, 1.807) is 0 Å². The first-order valence-corrected chi connectivity index (χ1v) is 8.71. The number of sulfone groups is 1. The SMILES string of the molecule is CC(C(=O)NC1CCN(C(C)(C)C)CC1)S(C)(=O)=O. The highest BCUT2D eigenvalue weighted by molar-refractivity contribution is 7.92. The number of nitrogens with zero attached hydrogens (tertiary/aromatic N) is 1. The smallest absolute Gasteiger partial charge is 0.238 e. The summed E-state index contributed by atoms with van der Waals surface area (Å²) in [5, 5.41) is 1.89. The number of nitrogens with one attached hydrogen (secondary N) is 1. The van der Waals surface area contributed by atoms with Crippen LogP contribution in [0.15, 0.2) is 0 Å². The number of likely N-dealkylation sites (tertiary alicyclic amines) is 1. The van der Waals surface area contributed by atoms with Crippen LogP contribution in [0, 0.1) is 0 Å². The van der Waals surface area contributed by atoms with Gasteiger partial charge >= 0.3 is 0 Å². The van der Waals surface area contributed by atoms with Crippen LogP contribution in [0.4, 0.5) is 0 Å². The van der Waals surface area contributed by atoms with E-state index in [0.29, 0.717) is 0 Å². The summed E-state index contributed by atoms with van der Waals surface area (Å²) in [6.45, 7) is 9.84. The molecule has 1 aliphatic rings. The fourth-order valence-corrected chi connectivity index (χ4v) is 2.66. The molecular weight excluding hydrogens is 264 g/mol. The van der Waals surface area contributed by atoms with Crippen LogP contribution >= 0.6 is 0 Å². The maximum absolute atomic E-state index is 11.8. The van der Waals surface area contributed by atoms with Crippen molar-refractivity contribution in [2.75, 3.05) is 19.3 Å². The Morgan fingerprint density at radius 1 is 1.26 bits per heavy atom. The second-order valence-corrected chi connectivity index (χ2v) is 8.78. The molecule has 0 aromatic heterocycles. The molecule has 0 aromatic rings. The molecule has 1 heterocycles. The van der Waals surface area contributed by atoms with E-state index in [1.165, 1.54) is 6.92 Å². The normalized spacial score (nSPS) is 21.1. The van der Waals surface area contributed by atoms with Gasteiger partial charge in [0.2, 0.25) is 5.91 Å². The Balaban J connectivity index is 2.48. The lowest BCUT2D eigenvalue weighted by atomic mass is 9.98. The minimum atomic E-state index is -3.31. The van der Waals surface area contributed by atoms with Crippen LogP contribution in [0.25, 0.3) is 0 Å². The second-order valence-electron chi connectivity index (χ2n) is 6.41. The van der Waals surface area contributed by atoms with Gasteiger partial charge in [-0.05, 0) is 40.5 Å². The first kappa shape index (κ1) is 16.4. The topological polar surface area (TPSA) is 66.5 Å². The molecule has 1 unspecified atom stereocenters. The third-order valence-corrected chi connectivity index (χ3v) is 5.30. The van der Waals surface area contributed by atoms with E-state index < -0.39 is 15.1 Å². The molecule has 6 heteroatoms. The van der Waals surface area contributed by atoms with Gasteiger partial charge in [-0.25, -0.2) is 8.42 Å². The molecule has 1 fully saturated rings. The number of hydrogen-bond donors (Lipinski definition) is 1. The zero-order valence-electron chi connectivity index (χ0n) is 12.6. The maximum atomic E-state index is 11.8. The summed E-state index contributed by atoms with van der Waals surface area (Å²) < 4.78 is 22.7. The van der Waals surface area contributed by atoms with Gasteiger partial charge in [-0.2, -0.15) is 0 Å². The van der Waals surface area contributed by atoms with Crippen molar-refractivity contribution >= 4 is 15.7 Å². The average Bonchev–Trinajstić information content (AvgIpc) is 2.26. The Labute approximate surface area is 116 Å². The number of hydrogen-bond acceptors (Lipinski definition) is 4. The molecule has 1 amide bonds. The zero-order valence-corrected chi connectivity index (χ0v) is 13.4. The standard InChI is InChI=1S/C13H26N2O3S/c1-10(19(5,17)18)12(16)14-11-6-8-15(9-7-11)13(2,3)4/h10-11H,6-9H2,1-5H3,(H,14,16). The van der Waals surface area contributed by atoms with E-state index in [9.17, 15) is 13.2 Å². The molecular formula is C13H26N2O3S. The quantitative estimate of drug-likeness (QED) is 0.835. The van der Waals surface area contributed by atoms with Crippen molar-refractivity contribution in [2.24, 2.45) is 0 Å². The van der Waals surface area contributed by atoms with Crippen LogP contribution in [0.1, 0.15) is 40.5 Å². The van der Waals surface area contributed by atoms with E-state index in [-0.39, 0.29) is 17.5 Å². The summed E-state index contributed by atoms with van der Waals surface area (Å²) in [5.41, 5.74) is 0.148. The largest absolute Gasteiger partial charge is 0.352 e. The van der Waals surface area contributed by atoms with Gasteiger partial charge in [0.25, 0.3) is 0 Å². The molecule has 1 aliphatic heterocycles. The Kier molecular flexibility index (Phi) is 5.01. The average molecular weight is 290 g/mol. The predicted molar refractivity (Wildman–Crippen MR) is 76.8 cm³/mol. The highest BCUT2D eigenvalue weighted by Gasteiger charge is 2.30. The van der Waals surface area contributed by atoms with E-state index in [0.717, 1.165) is 32.2 Å². The van der Waals surface area contributed by atoms with Crippen LogP contribution in [0.5, 0.6) is 0 Å². The molecule has 0 saturated carbocycles. The fourth-order valence-electron chi connectivity index (χ4n) is 2.21. The minimum Gasteiger partial charge on any atom is -0.352 e. The summed E-state index contributed by atoms with van der Waals surface area (Å²) in [6, 6.07) is 0.0929.